The number of hydrogen-bond acceptors (Lipinski definition) is 4. The van der Waals surface area contributed by atoms with E-state index in [0.29, 0.717) is 24.8 Å². The van der Waals surface area contributed by atoms with Crippen LogP contribution in [0.5, 0.6) is 5.75 Å². The van der Waals surface area contributed by atoms with Crippen LogP contribution in [0.2, 0.25) is 0 Å². The number of carbonyl (C=O) groups excluding carboxylic acids is 2. The molecule has 7 heteroatoms. The molecule has 0 radical (unpaired) electrons. The maximum Gasteiger partial charge on any atom is 0.258 e. The molecule has 1 aromatic carbocycles. The molecule has 2 rings (SSSR count). The van der Waals surface area contributed by atoms with Gasteiger partial charge in [0.05, 0.1) is 6.04 Å². The number of nitrogens with two attached hydrogens (primary N) is 1. The zero-order valence-electron chi connectivity index (χ0n) is 15.7. The number of hydrogen-bond donors (Lipinski definition) is 3. The van der Waals surface area contributed by atoms with Crippen LogP contribution in [0.15, 0.2) is 24.3 Å². The molecule has 1 saturated carbocycles. The van der Waals surface area contributed by atoms with E-state index in [-0.39, 0.29) is 36.2 Å². The first-order chi connectivity index (χ1) is 11.8. The third-order valence-electron chi connectivity index (χ3n) is 4.16. The molecule has 6 nitrogen and oxygen atoms in total. The molecule has 0 unspecified atom stereocenters. The second kappa shape index (κ2) is 9.78. The summed E-state index contributed by atoms with van der Waals surface area (Å²) in [6.45, 7) is 6.41. The van der Waals surface area contributed by atoms with Crippen molar-refractivity contribution in [3.8, 4) is 5.75 Å². The van der Waals surface area contributed by atoms with Gasteiger partial charge in [0, 0.05) is 12.6 Å². The van der Waals surface area contributed by atoms with Gasteiger partial charge in [-0.1, -0.05) is 32.9 Å². The van der Waals surface area contributed by atoms with Gasteiger partial charge in [0.2, 0.25) is 5.91 Å². The van der Waals surface area contributed by atoms with E-state index in [1.165, 1.54) is 0 Å². The van der Waals surface area contributed by atoms with Crippen LogP contribution >= 0.6 is 12.4 Å². The summed E-state index contributed by atoms with van der Waals surface area (Å²) in [5, 5.41) is 5.75. The first-order valence-electron chi connectivity index (χ1n) is 8.80. The molecule has 0 saturated heterocycles. The van der Waals surface area contributed by atoms with Gasteiger partial charge in [-0.15, -0.1) is 12.4 Å². The molecule has 1 aliphatic carbocycles. The molecule has 1 fully saturated rings. The first kappa shape index (κ1) is 22.3. The monoisotopic (exact) mass is 383 g/mol. The summed E-state index contributed by atoms with van der Waals surface area (Å²) in [6, 6.07) is 7.36. The van der Waals surface area contributed by atoms with Gasteiger partial charge in [-0.05, 0) is 42.4 Å². The maximum atomic E-state index is 12.0. The predicted octanol–water partition coefficient (Wildman–Crippen LogP) is 1.80. The van der Waals surface area contributed by atoms with Gasteiger partial charge in [0.1, 0.15) is 5.75 Å². The molecule has 4 N–H and O–H groups in total. The average Bonchev–Trinajstić information content (AvgIpc) is 3.36. The Kier molecular flexibility index (Phi) is 8.37. The molecular weight excluding hydrogens is 354 g/mol. The second-order valence-electron chi connectivity index (χ2n) is 7.66. The number of halogens is 1. The van der Waals surface area contributed by atoms with Gasteiger partial charge in [0.25, 0.3) is 5.91 Å². The zero-order chi connectivity index (χ0) is 18.4. The van der Waals surface area contributed by atoms with E-state index < -0.39 is 6.04 Å². The van der Waals surface area contributed by atoms with Crippen molar-refractivity contribution >= 4 is 24.2 Å². The maximum absolute atomic E-state index is 12.0. The van der Waals surface area contributed by atoms with Gasteiger partial charge in [0.15, 0.2) is 6.61 Å². The summed E-state index contributed by atoms with van der Waals surface area (Å²) >= 11 is 0. The Morgan fingerprint density at radius 3 is 2.38 bits per heavy atom. The third-order valence-corrected chi connectivity index (χ3v) is 4.16. The van der Waals surface area contributed by atoms with Crippen molar-refractivity contribution in [2.75, 3.05) is 13.2 Å². The summed E-state index contributed by atoms with van der Waals surface area (Å²) in [4.78, 5) is 23.5. The molecule has 0 bridgehead atoms. The molecule has 0 aromatic heterocycles. The Morgan fingerprint density at radius 1 is 1.23 bits per heavy atom. The van der Waals surface area contributed by atoms with E-state index in [1.54, 1.807) is 0 Å². The summed E-state index contributed by atoms with van der Waals surface area (Å²) < 4.78 is 5.46. The lowest BCUT2D eigenvalue weighted by Crippen LogP contribution is -2.48. The van der Waals surface area contributed by atoms with E-state index in [1.807, 2.05) is 45.0 Å². The fraction of sp³-hybridized carbons (Fsp3) is 0.579. The van der Waals surface area contributed by atoms with Crippen LogP contribution in [0, 0.1) is 5.41 Å². The van der Waals surface area contributed by atoms with Gasteiger partial charge < -0.3 is 21.1 Å². The molecule has 2 amide bonds. The van der Waals surface area contributed by atoms with Crippen LogP contribution < -0.4 is 21.1 Å². The summed E-state index contributed by atoms with van der Waals surface area (Å²) in [5.41, 5.74) is 6.75. The summed E-state index contributed by atoms with van der Waals surface area (Å²) in [5.74, 6) is 0.451. The minimum atomic E-state index is -0.523. The second-order valence-corrected chi connectivity index (χ2v) is 7.66. The molecule has 1 atom stereocenters. The van der Waals surface area contributed by atoms with E-state index in [2.05, 4.69) is 10.6 Å². The fourth-order valence-corrected chi connectivity index (χ4v) is 2.23. The quantitative estimate of drug-likeness (QED) is 0.638. The van der Waals surface area contributed by atoms with Crippen LogP contribution in [-0.2, 0) is 16.0 Å². The van der Waals surface area contributed by atoms with E-state index in [4.69, 9.17) is 10.5 Å². The van der Waals surface area contributed by atoms with Crippen molar-refractivity contribution in [1.29, 1.82) is 0 Å². The van der Waals surface area contributed by atoms with Gasteiger partial charge >= 0.3 is 0 Å². The highest BCUT2D eigenvalue weighted by Gasteiger charge is 2.27. The van der Waals surface area contributed by atoms with Crippen LogP contribution in [0.25, 0.3) is 0 Å². The molecular formula is C19H30ClN3O3. The van der Waals surface area contributed by atoms with Crippen LogP contribution in [0.4, 0.5) is 0 Å². The minimum Gasteiger partial charge on any atom is -0.484 e. The number of carbonyl (C=O) groups is 2. The fourth-order valence-electron chi connectivity index (χ4n) is 2.23. The van der Waals surface area contributed by atoms with Crippen molar-refractivity contribution in [2.24, 2.45) is 11.1 Å². The number of benzene rings is 1. The smallest absolute Gasteiger partial charge is 0.258 e. The molecule has 146 valence electrons. The number of nitrogens with one attached hydrogen (secondary N) is 2. The van der Waals surface area contributed by atoms with E-state index in [0.717, 1.165) is 18.4 Å². The number of amides is 2. The minimum absolute atomic E-state index is 0. The normalized spacial score (nSPS) is 14.8. The Hall–Kier alpha value is -1.79. The topological polar surface area (TPSA) is 93.5 Å². The first-order valence-corrected chi connectivity index (χ1v) is 8.80. The van der Waals surface area contributed by atoms with Crippen LogP contribution in [-0.4, -0.2) is 37.0 Å². The van der Waals surface area contributed by atoms with Crippen LogP contribution in [0.3, 0.4) is 0 Å². The Morgan fingerprint density at radius 2 is 1.85 bits per heavy atom. The van der Waals surface area contributed by atoms with Crippen molar-refractivity contribution in [3.05, 3.63) is 29.8 Å². The lowest BCUT2D eigenvalue weighted by Gasteiger charge is -2.25. The largest absolute Gasteiger partial charge is 0.484 e. The molecule has 0 aliphatic heterocycles. The molecule has 0 spiro atoms. The Labute approximate surface area is 161 Å². The summed E-state index contributed by atoms with van der Waals surface area (Å²) in [6.07, 6.45) is 2.85. The Bertz CT molecular complexity index is 595. The van der Waals surface area contributed by atoms with Crippen molar-refractivity contribution < 1.29 is 14.3 Å². The molecule has 1 aromatic rings. The zero-order valence-corrected chi connectivity index (χ0v) is 16.5. The van der Waals surface area contributed by atoms with E-state index in [9.17, 15) is 9.59 Å². The predicted molar refractivity (Wildman–Crippen MR) is 104 cm³/mol. The molecule has 1 aliphatic rings. The lowest BCUT2D eigenvalue weighted by atomic mass is 9.87. The van der Waals surface area contributed by atoms with Crippen LogP contribution in [0.1, 0.15) is 39.2 Å². The van der Waals surface area contributed by atoms with E-state index >= 15 is 0 Å². The molecule has 26 heavy (non-hydrogen) atoms. The van der Waals surface area contributed by atoms with Crippen molar-refractivity contribution in [1.82, 2.24) is 10.6 Å². The number of ether oxygens (including phenoxy) is 1. The Balaban J connectivity index is 0.00000338. The highest BCUT2D eigenvalue weighted by Crippen LogP contribution is 2.19. The number of rotatable bonds is 8. The standard InChI is InChI=1S/C19H29N3O3.ClH/c1-19(2,3)17(20)18(24)21-11-10-13-4-8-15(9-5-13)25-12-16(23)22-14-6-7-14;/h4-5,8-9,14,17H,6-7,10-12,20H2,1-3H3,(H,21,24)(H,22,23);1H/t17-;/m1./s1. The van der Waals surface area contributed by atoms with Crippen molar-refractivity contribution in [3.63, 3.8) is 0 Å². The van der Waals surface area contributed by atoms with Crippen molar-refractivity contribution in [2.45, 2.75) is 52.1 Å². The highest BCUT2D eigenvalue weighted by atomic mass is 35.5. The average molecular weight is 384 g/mol. The SMILES string of the molecule is CC(C)(C)[C@H](N)C(=O)NCCc1ccc(OCC(=O)NC2CC2)cc1.Cl. The van der Waals surface area contributed by atoms with Gasteiger partial charge in [-0.2, -0.15) is 0 Å². The highest BCUT2D eigenvalue weighted by molar-refractivity contribution is 5.85. The van der Waals surface area contributed by atoms with Gasteiger partial charge in [-0.3, -0.25) is 9.59 Å². The van der Waals surface area contributed by atoms with Gasteiger partial charge in [-0.25, -0.2) is 0 Å². The summed E-state index contributed by atoms with van der Waals surface area (Å²) in [7, 11) is 0. The third kappa shape index (κ3) is 7.62. The molecule has 0 heterocycles. The lowest BCUT2D eigenvalue weighted by molar-refractivity contribution is -0.124.